The van der Waals surface area contributed by atoms with Crippen LogP contribution in [0, 0.1) is 0 Å². The van der Waals surface area contributed by atoms with E-state index in [4.69, 9.17) is 11.6 Å². The number of piperidine rings is 1. The van der Waals surface area contributed by atoms with Crippen molar-refractivity contribution in [3.63, 3.8) is 0 Å². The second-order valence-electron chi connectivity index (χ2n) is 4.09. The van der Waals surface area contributed by atoms with Crippen LogP contribution >= 0.6 is 24.0 Å². The molecule has 1 aliphatic rings. The first-order valence-corrected chi connectivity index (χ1v) is 7.56. The minimum atomic E-state index is -3.38. The molecular formula is C10H15Cl2N3O2S. The fraction of sp³-hybridized carbons (Fsp3) is 0.600. The molecular weight excluding hydrogens is 297 g/mol. The van der Waals surface area contributed by atoms with Gasteiger partial charge < -0.3 is 5.32 Å². The van der Waals surface area contributed by atoms with E-state index in [-0.39, 0.29) is 34.5 Å². The van der Waals surface area contributed by atoms with Crippen molar-refractivity contribution < 1.29 is 8.42 Å². The van der Waals surface area contributed by atoms with Crippen molar-refractivity contribution in [1.82, 2.24) is 15.3 Å². The van der Waals surface area contributed by atoms with Gasteiger partial charge in [0.1, 0.15) is 0 Å². The molecule has 2 rings (SSSR count). The lowest BCUT2D eigenvalue weighted by Gasteiger charge is -2.22. The standard InChI is InChI=1S/C10H14ClN3O2S.ClH/c11-10-13-6-4-9(14-10)17(15,16)7-8-3-1-2-5-12-8;/h4,6,8,12H,1-3,5,7H2;1H. The first-order chi connectivity index (χ1) is 8.08. The van der Waals surface area contributed by atoms with E-state index in [1.165, 1.54) is 12.3 Å². The van der Waals surface area contributed by atoms with Crippen LogP contribution in [0.25, 0.3) is 0 Å². The van der Waals surface area contributed by atoms with Gasteiger partial charge in [-0.05, 0) is 37.1 Å². The van der Waals surface area contributed by atoms with Gasteiger partial charge in [0.15, 0.2) is 14.9 Å². The number of nitrogens with zero attached hydrogens (tertiary/aromatic N) is 2. The van der Waals surface area contributed by atoms with Gasteiger partial charge in [0, 0.05) is 12.2 Å². The third-order valence-corrected chi connectivity index (χ3v) is 4.64. The minimum absolute atomic E-state index is 0. The molecule has 2 heterocycles. The quantitative estimate of drug-likeness (QED) is 0.676. The smallest absolute Gasteiger partial charge is 0.223 e. The Morgan fingerprint density at radius 3 is 2.83 bits per heavy atom. The predicted octanol–water partition coefficient (Wildman–Crippen LogP) is 1.47. The topological polar surface area (TPSA) is 72.0 Å². The van der Waals surface area contributed by atoms with Gasteiger partial charge in [-0.1, -0.05) is 6.42 Å². The highest BCUT2D eigenvalue weighted by atomic mass is 35.5. The van der Waals surface area contributed by atoms with Gasteiger partial charge in [-0.15, -0.1) is 12.4 Å². The van der Waals surface area contributed by atoms with Crippen LogP contribution in [-0.2, 0) is 9.84 Å². The van der Waals surface area contributed by atoms with Gasteiger partial charge in [-0.2, -0.15) is 0 Å². The van der Waals surface area contributed by atoms with E-state index in [9.17, 15) is 8.42 Å². The van der Waals surface area contributed by atoms with Crippen molar-refractivity contribution in [2.24, 2.45) is 0 Å². The van der Waals surface area contributed by atoms with Gasteiger partial charge >= 0.3 is 0 Å². The molecule has 18 heavy (non-hydrogen) atoms. The lowest BCUT2D eigenvalue weighted by atomic mass is 10.1. The van der Waals surface area contributed by atoms with E-state index in [1.54, 1.807) is 0 Å². The normalized spacial score (nSPS) is 20.2. The molecule has 8 heteroatoms. The molecule has 1 fully saturated rings. The molecule has 1 N–H and O–H groups in total. The Morgan fingerprint density at radius 1 is 1.44 bits per heavy atom. The summed E-state index contributed by atoms with van der Waals surface area (Å²) in [5.41, 5.74) is 0. The molecule has 1 aliphatic heterocycles. The molecule has 5 nitrogen and oxygen atoms in total. The molecule has 0 spiro atoms. The Balaban J connectivity index is 0.00000162. The summed E-state index contributed by atoms with van der Waals surface area (Å²) in [5.74, 6) is 0.0698. The zero-order valence-corrected chi connectivity index (χ0v) is 12.1. The van der Waals surface area contributed by atoms with Crippen molar-refractivity contribution >= 4 is 33.8 Å². The summed E-state index contributed by atoms with van der Waals surface area (Å²) in [6, 6.07) is 1.40. The average molecular weight is 312 g/mol. The molecule has 1 aromatic rings. The summed E-state index contributed by atoms with van der Waals surface area (Å²) in [7, 11) is -3.38. The highest BCUT2D eigenvalue weighted by molar-refractivity contribution is 7.91. The number of hydrogen-bond donors (Lipinski definition) is 1. The highest BCUT2D eigenvalue weighted by Crippen LogP contribution is 2.15. The van der Waals surface area contributed by atoms with E-state index < -0.39 is 9.84 Å². The van der Waals surface area contributed by atoms with Crippen molar-refractivity contribution in [2.45, 2.75) is 30.3 Å². The molecule has 0 aliphatic carbocycles. The Hall–Kier alpha value is -0.430. The second kappa shape index (κ2) is 6.65. The first-order valence-electron chi connectivity index (χ1n) is 5.52. The van der Waals surface area contributed by atoms with Gasteiger partial charge in [0.25, 0.3) is 0 Å². The van der Waals surface area contributed by atoms with Gasteiger partial charge in [-0.3, -0.25) is 0 Å². The summed E-state index contributed by atoms with van der Waals surface area (Å²) in [5, 5.41) is 3.17. The summed E-state index contributed by atoms with van der Waals surface area (Å²) in [6.07, 6.45) is 4.42. The zero-order chi connectivity index (χ0) is 12.3. The Kier molecular flexibility index (Phi) is 5.78. The summed E-state index contributed by atoms with van der Waals surface area (Å²) < 4.78 is 24.1. The lowest BCUT2D eigenvalue weighted by molar-refractivity contribution is 0.423. The maximum absolute atomic E-state index is 12.1. The molecule has 0 amide bonds. The number of sulfone groups is 1. The van der Waals surface area contributed by atoms with E-state index in [0.717, 1.165) is 25.8 Å². The fourth-order valence-electron chi connectivity index (χ4n) is 1.91. The molecule has 102 valence electrons. The van der Waals surface area contributed by atoms with E-state index in [0.29, 0.717) is 0 Å². The largest absolute Gasteiger partial charge is 0.313 e. The van der Waals surface area contributed by atoms with Crippen molar-refractivity contribution in [1.29, 1.82) is 0 Å². The molecule has 0 radical (unpaired) electrons. The fourth-order valence-corrected chi connectivity index (χ4v) is 3.59. The van der Waals surface area contributed by atoms with Crippen LogP contribution in [0.3, 0.4) is 0 Å². The Morgan fingerprint density at radius 2 is 2.22 bits per heavy atom. The summed E-state index contributed by atoms with van der Waals surface area (Å²) >= 11 is 5.59. The number of nitrogens with one attached hydrogen (secondary N) is 1. The number of hydrogen-bond acceptors (Lipinski definition) is 5. The Labute approximate surface area is 118 Å². The minimum Gasteiger partial charge on any atom is -0.313 e. The third kappa shape index (κ3) is 4.05. The van der Waals surface area contributed by atoms with Gasteiger partial charge in [0.2, 0.25) is 5.28 Å². The van der Waals surface area contributed by atoms with Gasteiger partial charge in [0.05, 0.1) is 5.75 Å². The zero-order valence-electron chi connectivity index (χ0n) is 9.67. The number of aromatic nitrogens is 2. The number of halogens is 2. The average Bonchev–Trinajstić information content (AvgIpc) is 2.30. The summed E-state index contributed by atoms with van der Waals surface area (Å²) in [6.45, 7) is 0.880. The molecule has 1 atom stereocenters. The van der Waals surface area contributed by atoms with E-state index in [2.05, 4.69) is 15.3 Å². The maximum Gasteiger partial charge on any atom is 0.223 e. The molecule has 1 unspecified atom stereocenters. The van der Waals surface area contributed by atoms with Crippen molar-refractivity contribution in [3.05, 3.63) is 17.5 Å². The van der Waals surface area contributed by atoms with Crippen LogP contribution in [0.2, 0.25) is 5.28 Å². The van der Waals surface area contributed by atoms with Crippen LogP contribution in [-0.4, -0.2) is 36.7 Å². The SMILES string of the molecule is Cl.O=S(=O)(CC1CCCCN1)c1ccnc(Cl)n1. The highest BCUT2D eigenvalue weighted by Gasteiger charge is 2.23. The van der Waals surface area contributed by atoms with Gasteiger partial charge in [-0.25, -0.2) is 18.4 Å². The molecule has 1 aromatic heterocycles. The maximum atomic E-state index is 12.1. The monoisotopic (exact) mass is 311 g/mol. The lowest BCUT2D eigenvalue weighted by Crippen LogP contribution is -2.39. The second-order valence-corrected chi connectivity index (χ2v) is 6.41. The molecule has 1 saturated heterocycles. The molecule has 0 aromatic carbocycles. The first kappa shape index (κ1) is 15.6. The summed E-state index contributed by atoms with van der Waals surface area (Å²) in [4.78, 5) is 7.42. The van der Waals surface area contributed by atoms with E-state index in [1.807, 2.05) is 0 Å². The Bertz CT molecular complexity index is 490. The predicted molar refractivity (Wildman–Crippen MR) is 72.0 cm³/mol. The third-order valence-electron chi connectivity index (χ3n) is 2.75. The van der Waals surface area contributed by atoms with Crippen LogP contribution in [0.15, 0.2) is 17.3 Å². The van der Waals surface area contributed by atoms with Crippen LogP contribution in [0.4, 0.5) is 0 Å². The van der Waals surface area contributed by atoms with Crippen molar-refractivity contribution in [2.75, 3.05) is 12.3 Å². The van der Waals surface area contributed by atoms with Crippen molar-refractivity contribution in [3.8, 4) is 0 Å². The molecule has 0 bridgehead atoms. The van der Waals surface area contributed by atoms with E-state index >= 15 is 0 Å². The number of rotatable bonds is 3. The van der Waals surface area contributed by atoms with Crippen LogP contribution < -0.4 is 5.32 Å². The van der Waals surface area contributed by atoms with Crippen LogP contribution in [0.1, 0.15) is 19.3 Å². The van der Waals surface area contributed by atoms with Crippen LogP contribution in [0.5, 0.6) is 0 Å². The molecule has 0 saturated carbocycles.